The number of hydrogen-bond donors (Lipinski definition) is 2. The minimum absolute atomic E-state index is 0.204. The van der Waals surface area contributed by atoms with Gasteiger partial charge in [-0.2, -0.15) is 5.10 Å². The Bertz CT molecular complexity index is 1090. The van der Waals surface area contributed by atoms with Crippen LogP contribution in [0.1, 0.15) is 10.4 Å². The van der Waals surface area contributed by atoms with Crippen LogP contribution in [0.5, 0.6) is 5.75 Å². The minimum atomic E-state index is -0.204. The summed E-state index contributed by atoms with van der Waals surface area (Å²) in [7, 11) is 1.57. The Labute approximate surface area is 167 Å². The zero-order valence-corrected chi connectivity index (χ0v) is 15.6. The van der Waals surface area contributed by atoms with E-state index in [0.717, 1.165) is 5.69 Å². The lowest BCUT2D eigenvalue weighted by Gasteiger charge is -2.09. The fraction of sp³-hybridized carbons (Fsp3) is 0.0476. The van der Waals surface area contributed by atoms with Crippen molar-refractivity contribution in [2.24, 2.45) is 0 Å². The van der Waals surface area contributed by atoms with Crippen LogP contribution in [0.2, 0.25) is 0 Å². The van der Waals surface area contributed by atoms with Crippen molar-refractivity contribution in [3.05, 3.63) is 84.7 Å². The molecule has 2 aromatic heterocycles. The number of rotatable bonds is 6. The van der Waals surface area contributed by atoms with E-state index in [1.807, 2.05) is 42.5 Å². The van der Waals surface area contributed by atoms with Gasteiger partial charge in [0.1, 0.15) is 5.75 Å². The minimum Gasteiger partial charge on any atom is -0.497 e. The first kappa shape index (κ1) is 18.2. The number of anilines is 3. The van der Waals surface area contributed by atoms with Gasteiger partial charge in [0, 0.05) is 29.3 Å². The van der Waals surface area contributed by atoms with Gasteiger partial charge in [-0.25, -0.2) is 4.68 Å². The molecule has 2 N–H and O–H groups in total. The Balaban J connectivity index is 1.39. The van der Waals surface area contributed by atoms with Gasteiger partial charge in [-0.05, 0) is 60.7 Å². The van der Waals surface area contributed by atoms with Gasteiger partial charge in [0.2, 0.25) is 0 Å². The molecule has 0 aliphatic heterocycles. The van der Waals surface area contributed by atoms with Gasteiger partial charge in [0.15, 0.2) is 11.6 Å². The van der Waals surface area contributed by atoms with Crippen LogP contribution in [0.25, 0.3) is 5.82 Å². The molecule has 0 aliphatic carbocycles. The quantitative estimate of drug-likeness (QED) is 0.525. The van der Waals surface area contributed by atoms with Crippen molar-refractivity contribution in [3.63, 3.8) is 0 Å². The summed E-state index contributed by atoms with van der Waals surface area (Å²) in [6.45, 7) is 0. The topological polar surface area (TPSA) is 94.0 Å². The Kier molecular flexibility index (Phi) is 5.15. The van der Waals surface area contributed by atoms with E-state index in [1.165, 1.54) is 0 Å². The highest BCUT2D eigenvalue weighted by Gasteiger charge is 2.07. The maximum atomic E-state index is 12.4. The predicted molar refractivity (Wildman–Crippen MR) is 110 cm³/mol. The fourth-order valence-corrected chi connectivity index (χ4v) is 2.67. The van der Waals surface area contributed by atoms with Crippen molar-refractivity contribution < 1.29 is 9.53 Å². The Hall–Kier alpha value is -4.20. The van der Waals surface area contributed by atoms with E-state index in [1.54, 1.807) is 48.5 Å². The first-order valence-corrected chi connectivity index (χ1v) is 8.87. The monoisotopic (exact) mass is 386 g/mol. The van der Waals surface area contributed by atoms with Crippen molar-refractivity contribution in [2.75, 3.05) is 17.7 Å². The normalized spacial score (nSPS) is 10.4. The number of benzene rings is 2. The molecule has 0 saturated heterocycles. The van der Waals surface area contributed by atoms with Gasteiger partial charge < -0.3 is 15.4 Å². The smallest absolute Gasteiger partial charge is 0.255 e. The molecule has 0 unspecified atom stereocenters. The SMILES string of the molecule is COc1cccc(C(=O)Nc2ccc(Nc3ccc(-n4cccn4)nn3)cc2)c1. The molecule has 8 heteroatoms. The van der Waals surface area contributed by atoms with Crippen LogP contribution in [-0.4, -0.2) is 33.0 Å². The highest BCUT2D eigenvalue weighted by molar-refractivity contribution is 6.04. The molecule has 4 aromatic rings. The lowest BCUT2D eigenvalue weighted by atomic mass is 10.2. The Morgan fingerprint density at radius 2 is 1.79 bits per heavy atom. The second kappa shape index (κ2) is 8.22. The molecule has 4 rings (SSSR count). The highest BCUT2D eigenvalue weighted by Crippen LogP contribution is 2.19. The molecule has 0 radical (unpaired) electrons. The summed E-state index contributed by atoms with van der Waals surface area (Å²) >= 11 is 0. The summed E-state index contributed by atoms with van der Waals surface area (Å²) in [4.78, 5) is 12.4. The van der Waals surface area contributed by atoms with Crippen LogP contribution in [0, 0.1) is 0 Å². The molecule has 1 amide bonds. The van der Waals surface area contributed by atoms with E-state index in [-0.39, 0.29) is 5.91 Å². The summed E-state index contributed by atoms with van der Waals surface area (Å²) < 4.78 is 6.79. The standard InChI is InChI=1S/C21H18N6O2/c1-29-18-5-2-4-15(14-18)21(28)24-17-8-6-16(7-9-17)23-19-10-11-20(26-25-19)27-13-3-12-22-27/h2-14H,1H3,(H,23,25)(H,24,28). The van der Waals surface area contributed by atoms with Crippen molar-refractivity contribution in [1.82, 2.24) is 20.0 Å². The lowest BCUT2D eigenvalue weighted by molar-refractivity contribution is 0.102. The van der Waals surface area contributed by atoms with Crippen LogP contribution in [0.4, 0.5) is 17.2 Å². The fourth-order valence-electron chi connectivity index (χ4n) is 2.67. The zero-order valence-electron chi connectivity index (χ0n) is 15.6. The molecule has 0 aliphatic rings. The maximum absolute atomic E-state index is 12.4. The highest BCUT2D eigenvalue weighted by atomic mass is 16.5. The molecule has 2 aromatic carbocycles. The summed E-state index contributed by atoms with van der Waals surface area (Å²) in [6, 6.07) is 19.8. The van der Waals surface area contributed by atoms with Crippen molar-refractivity contribution in [1.29, 1.82) is 0 Å². The van der Waals surface area contributed by atoms with Gasteiger partial charge in [-0.15, -0.1) is 10.2 Å². The number of aromatic nitrogens is 4. The average Bonchev–Trinajstić information content (AvgIpc) is 3.31. The van der Waals surface area contributed by atoms with Crippen LogP contribution in [0.15, 0.2) is 79.1 Å². The van der Waals surface area contributed by atoms with Gasteiger partial charge in [0.05, 0.1) is 7.11 Å². The van der Waals surface area contributed by atoms with Crippen LogP contribution < -0.4 is 15.4 Å². The third-order valence-corrected chi connectivity index (χ3v) is 4.14. The summed E-state index contributed by atoms with van der Waals surface area (Å²) in [6.07, 6.45) is 3.48. The van der Waals surface area contributed by atoms with Gasteiger partial charge in [-0.1, -0.05) is 6.07 Å². The zero-order chi connectivity index (χ0) is 20.1. The molecular weight excluding hydrogens is 368 g/mol. The number of carbonyl (C=O) groups excluding carboxylic acids is 1. The molecular formula is C21H18N6O2. The van der Waals surface area contributed by atoms with E-state index >= 15 is 0 Å². The number of methoxy groups -OCH3 is 1. The van der Waals surface area contributed by atoms with E-state index in [9.17, 15) is 4.79 Å². The first-order valence-electron chi connectivity index (χ1n) is 8.87. The molecule has 0 saturated carbocycles. The second-order valence-electron chi connectivity index (χ2n) is 6.12. The molecule has 144 valence electrons. The number of nitrogens with one attached hydrogen (secondary N) is 2. The molecule has 0 bridgehead atoms. The Morgan fingerprint density at radius 1 is 0.966 bits per heavy atom. The van der Waals surface area contributed by atoms with E-state index in [0.29, 0.717) is 28.6 Å². The third kappa shape index (κ3) is 4.38. The van der Waals surface area contributed by atoms with E-state index in [2.05, 4.69) is 25.9 Å². The second-order valence-corrected chi connectivity index (χ2v) is 6.12. The molecule has 8 nitrogen and oxygen atoms in total. The summed E-state index contributed by atoms with van der Waals surface area (Å²) in [5.74, 6) is 1.67. The van der Waals surface area contributed by atoms with Gasteiger partial charge in [0.25, 0.3) is 5.91 Å². The average molecular weight is 386 g/mol. The molecule has 29 heavy (non-hydrogen) atoms. The third-order valence-electron chi connectivity index (χ3n) is 4.14. The maximum Gasteiger partial charge on any atom is 0.255 e. The number of ether oxygens (including phenoxy) is 1. The molecule has 0 atom stereocenters. The van der Waals surface area contributed by atoms with Gasteiger partial charge >= 0.3 is 0 Å². The molecule has 2 heterocycles. The predicted octanol–water partition coefficient (Wildman–Crippen LogP) is 3.67. The Morgan fingerprint density at radius 3 is 2.48 bits per heavy atom. The summed E-state index contributed by atoms with van der Waals surface area (Å²) in [5.41, 5.74) is 2.04. The number of carbonyl (C=O) groups is 1. The van der Waals surface area contributed by atoms with Crippen molar-refractivity contribution >= 4 is 23.1 Å². The van der Waals surface area contributed by atoms with Crippen LogP contribution in [-0.2, 0) is 0 Å². The number of amides is 1. The lowest BCUT2D eigenvalue weighted by Crippen LogP contribution is -2.11. The van der Waals surface area contributed by atoms with E-state index in [4.69, 9.17) is 4.74 Å². The van der Waals surface area contributed by atoms with Crippen LogP contribution in [0.3, 0.4) is 0 Å². The van der Waals surface area contributed by atoms with Crippen LogP contribution >= 0.6 is 0 Å². The number of nitrogens with zero attached hydrogens (tertiary/aromatic N) is 4. The van der Waals surface area contributed by atoms with Crippen molar-refractivity contribution in [3.8, 4) is 11.6 Å². The molecule has 0 fully saturated rings. The van der Waals surface area contributed by atoms with Gasteiger partial charge in [-0.3, -0.25) is 4.79 Å². The largest absolute Gasteiger partial charge is 0.497 e. The molecule has 0 spiro atoms. The van der Waals surface area contributed by atoms with Crippen molar-refractivity contribution in [2.45, 2.75) is 0 Å². The first-order chi connectivity index (χ1) is 14.2. The summed E-state index contributed by atoms with van der Waals surface area (Å²) in [5, 5.41) is 18.4. The van der Waals surface area contributed by atoms with E-state index < -0.39 is 0 Å². The number of hydrogen-bond acceptors (Lipinski definition) is 6.